The van der Waals surface area contributed by atoms with Crippen LogP contribution in [0.25, 0.3) is 0 Å². The zero-order chi connectivity index (χ0) is 8.81. The molecule has 1 fully saturated rings. The normalized spacial score (nSPS) is 21.5. The van der Waals surface area contributed by atoms with Crippen LogP contribution in [0.2, 0.25) is 0 Å². The van der Waals surface area contributed by atoms with Crippen LogP contribution in [-0.4, -0.2) is 60.8 Å². The number of hydrogen-bond acceptors (Lipinski definition) is 3. The van der Waals surface area contributed by atoms with Gasteiger partial charge in [0.15, 0.2) is 0 Å². The third-order valence-corrected chi connectivity index (χ3v) is 2.54. The molecule has 0 aliphatic carbocycles. The smallest absolute Gasteiger partial charge is 0.0443 e. The van der Waals surface area contributed by atoms with E-state index in [9.17, 15) is 0 Å². The van der Waals surface area contributed by atoms with E-state index in [0.717, 1.165) is 13.0 Å². The van der Waals surface area contributed by atoms with Crippen LogP contribution in [0.1, 0.15) is 13.3 Å². The molecule has 1 saturated heterocycles. The van der Waals surface area contributed by atoms with Gasteiger partial charge in [-0.15, -0.1) is 0 Å². The molecule has 12 heavy (non-hydrogen) atoms. The summed E-state index contributed by atoms with van der Waals surface area (Å²) in [5, 5.41) is 8.66. The Bertz CT molecular complexity index is 111. The zero-order valence-electron chi connectivity index (χ0n) is 8.00. The molecule has 1 rings (SSSR count). The van der Waals surface area contributed by atoms with Crippen molar-refractivity contribution in [3.63, 3.8) is 0 Å². The van der Waals surface area contributed by atoms with Crippen LogP contribution in [0.5, 0.6) is 0 Å². The van der Waals surface area contributed by atoms with Crippen molar-refractivity contribution < 1.29 is 5.11 Å². The lowest BCUT2D eigenvalue weighted by Gasteiger charge is -2.33. The molecule has 0 spiro atoms. The van der Waals surface area contributed by atoms with E-state index < -0.39 is 0 Å². The van der Waals surface area contributed by atoms with Crippen molar-refractivity contribution >= 4 is 0 Å². The summed E-state index contributed by atoms with van der Waals surface area (Å²) in [5.74, 6) is 0. The summed E-state index contributed by atoms with van der Waals surface area (Å²) < 4.78 is 0. The number of aliphatic hydroxyl groups is 1. The van der Waals surface area contributed by atoms with Crippen molar-refractivity contribution in [2.45, 2.75) is 13.3 Å². The van der Waals surface area contributed by atoms with E-state index in [-0.39, 0.29) is 0 Å². The monoisotopic (exact) mass is 172 g/mol. The van der Waals surface area contributed by atoms with Gasteiger partial charge in [-0.2, -0.15) is 0 Å². The highest BCUT2D eigenvalue weighted by molar-refractivity contribution is 4.70. The fourth-order valence-electron chi connectivity index (χ4n) is 1.62. The van der Waals surface area contributed by atoms with Gasteiger partial charge >= 0.3 is 0 Å². The highest BCUT2D eigenvalue weighted by atomic mass is 16.3. The lowest BCUT2D eigenvalue weighted by Crippen LogP contribution is -2.46. The molecule has 0 atom stereocenters. The molecule has 0 aromatic carbocycles. The molecule has 72 valence electrons. The number of nitrogens with zero attached hydrogens (tertiary/aromatic N) is 2. The Morgan fingerprint density at radius 2 is 1.67 bits per heavy atom. The van der Waals surface area contributed by atoms with E-state index in [1.165, 1.54) is 32.7 Å². The third-order valence-electron chi connectivity index (χ3n) is 2.54. The highest BCUT2D eigenvalue weighted by Gasteiger charge is 2.13. The van der Waals surface area contributed by atoms with Crippen molar-refractivity contribution in [2.75, 3.05) is 45.9 Å². The van der Waals surface area contributed by atoms with E-state index in [2.05, 4.69) is 16.7 Å². The fraction of sp³-hybridized carbons (Fsp3) is 1.00. The Balaban J connectivity index is 2.09. The van der Waals surface area contributed by atoms with E-state index in [1.807, 2.05) is 0 Å². The molecule has 3 nitrogen and oxygen atoms in total. The number of piperazine rings is 1. The highest BCUT2D eigenvalue weighted by Crippen LogP contribution is 2.01. The molecule has 0 unspecified atom stereocenters. The lowest BCUT2D eigenvalue weighted by molar-refractivity contribution is 0.129. The van der Waals surface area contributed by atoms with Crippen molar-refractivity contribution in [3.05, 3.63) is 0 Å². The van der Waals surface area contributed by atoms with Gasteiger partial charge in [0.2, 0.25) is 0 Å². The van der Waals surface area contributed by atoms with Gasteiger partial charge in [-0.05, 0) is 13.0 Å². The first kappa shape index (κ1) is 9.96. The Morgan fingerprint density at radius 1 is 1.08 bits per heavy atom. The van der Waals surface area contributed by atoms with E-state index in [4.69, 9.17) is 5.11 Å². The molecular weight excluding hydrogens is 152 g/mol. The zero-order valence-corrected chi connectivity index (χ0v) is 8.00. The summed E-state index contributed by atoms with van der Waals surface area (Å²) in [6.07, 6.45) is 0.923. The molecule has 1 aliphatic heterocycles. The molecule has 0 aromatic rings. The SMILES string of the molecule is CCN1CCN(CCCO)CC1. The van der Waals surface area contributed by atoms with Crippen molar-refractivity contribution in [1.29, 1.82) is 0 Å². The first-order valence-electron chi connectivity index (χ1n) is 4.92. The summed E-state index contributed by atoms with van der Waals surface area (Å²) in [6, 6.07) is 0. The van der Waals surface area contributed by atoms with Gasteiger partial charge in [-0.25, -0.2) is 0 Å². The molecule has 0 saturated carbocycles. The Labute approximate surface area is 75.0 Å². The maximum Gasteiger partial charge on any atom is 0.0443 e. The topological polar surface area (TPSA) is 26.7 Å². The number of hydrogen-bond donors (Lipinski definition) is 1. The lowest BCUT2D eigenvalue weighted by atomic mass is 10.3. The second kappa shape index (κ2) is 5.51. The average molecular weight is 172 g/mol. The van der Waals surface area contributed by atoms with Gasteiger partial charge in [-0.1, -0.05) is 6.92 Å². The minimum atomic E-state index is 0.327. The molecule has 1 aliphatic rings. The van der Waals surface area contributed by atoms with Gasteiger partial charge in [0.05, 0.1) is 0 Å². The number of aliphatic hydroxyl groups excluding tert-OH is 1. The first-order chi connectivity index (χ1) is 5.86. The van der Waals surface area contributed by atoms with Crippen LogP contribution in [0.4, 0.5) is 0 Å². The summed E-state index contributed by atoms with van der Waals surface area (Å²) in [7, 11) is 0. The standard InChI is InChI=1S/C9H20N2O/c1-2-10-5-7-11(8-6-10)4-3-9-12/h12H,2-9H2,1H3. The quantitative estimate of drug-likeness (QED) is 0.647. The van der Waals surface area contributed by atoms with Crippen LogP contribution in [0.3, 0.4) is 0 Å². The summed E-state index contributed by atoms with van der Waals surface area (Å²) in [6.45, 7) is 9.52. The van der Waals surface area contributed by atoms with Crippen LogP contribution in [0, 0.1) is 0 Å². The predicted octanol–water partition coefficient (Wildman–Crippen LogP) is 0.00630. The van der Waals surface area contributed by atoms with Crippen LogP contribution in [-0.2, 0) is 0 Å². The largest absolute Gasteiger partial charge is 0.396 e. The summed E-state index contributed by atoms with van der Waals surface area (Å²) in [4.78, 5) is 4.90. The molecule has 1 N–H and O–H groups in total. The van der Waals surface area contributed by atoms with Crippen molar-refractivity contribution in [3.8, 4) is 0 Å². The van der Waals surface area contributed by atoms with E-state index >= 15 is 0 Å². The van der Waals surface area contributed by atoms with Gasteiger partial charge in [0.1, 0.15) is 0 Å². The molecular formula is C9H20N2O. The second-order valence-corrected chi connectivity index (χ2v) is 3.35. The van der Waals surface area contributed by atoms with Gasteiger partial charge < -0.3 is 14.9 Å². The van der Waals surface area contributed by atoms with Crippen molar-refractivity contribution in [1.82, 2.24) is 9.80 Å². The minimum Gasteiger partial charge on any atom is -0.396 e. The fourth-order valence-corrected chi connectivity index (χ4v) is 1.62. The maximum absolute atomic E-state index is 8.66. The Hall–Kier alpha value is -0.120. The number of rotatable bonds is 4. The van der Waals surface area contributed by atoms with E-state index in [0.29, 0.717) is 6.61 Å². The molecule has 0 aromatic heterocycles. The van der Waals surface area contributed by atoms with Crippen LogP contribution in [0.15, 0.2) is 0 Å². The Kier molecular flexibility index (Phi) is 4.58. The van der Waals surface area contributed by atoms with Gasteiger partial charge in [-0.3, -0.25) is 0 Å². The van der Waals surface area contributed by atoms with Gasteiger partial charge in [0.25, 0.3) is 0 Å². The first-order valence-corrected chi connectivity index (χ1v) is 4.92. The maximum atomic E-state index is 8.66. The van der Waals surface area contributed by atoms with E-state index in [1.54, 1.807) is 0 Å². The minimum absolute atomic E-state index is 0.327. The molecule has 0 amide bonds. The van der Waals surface area contributed by atoms with Crippen molar-refractivity contribution in [2.24, 2.45) is 0 Å². The van der Waals surface area contributed by atoms with Gasteiger partial charge in [0, 0.05) is 39.3 Å². The summed E-state index contributed by atoms with van der Waals surface area (Å²) >= 11 is 0. The summed E-state index contributed by atoms with van der Waals surface area (Å²) in [5.41, 5.74) is 0. The molecule has 0 radical (unpaired) electrons. The molecule has 1 heterocycles. The van der Waals surface area contributed by atoms with Crippen LogP contribution >= 0.6 is 0 Å². The predicted molar refractivity (Wildman–Crippen MR) is 50.3 cm³/mol. The second-order valence-electron chi connectivity index (χ2n) is 3.35. The molecule has 3 heteroatoms. The Morgan fingerprint density at radius 3 is 2.17 bits per heavy atom. The number of likely N-dealkylation sites (N-methyl/N-ethyl adjacent to an activating group) is 1. The van der Waals surface area contributed by atoms with Crippen LogP contribution < -0.4 is 0 Å². The average Bonchev–Trinajstić information content (AvgIpc) is 2.15. The molecule has 0 bridgehead atoms. The third kappa shape index (κ3) is 3.09.